The largest absolute Gasteiger partial charge is 0.377 e. The molecule has 2 rings (SSSR count). The van der Waals surface area contributed by atoms with Crippen molar-refractivity contribution in [3.8, 4) is 0 Å². The summed E-state index contributed by atoms with van der Waals surface area (Å²) in [5.41, 5.74) is 1.31. The Morgan fingerprint density at radius 2 is 2.33 bits per heavy atom. The lowest BCUT2D eigenvalue weighted by atomic mass is 10.1. The van der Waals surface area contributed by atoms with Gasteiger partial charge in [0, 0.05) is 11.9 Å². The van der Waals surface area contributed by atoms with Crippen LogP contribution >= 0.6 is 0 Å². The third-order valence-electron chi connectivity index (χ3n) is 2.26. The van der Waals surface area contributed by atoms with E-state index in [-0.39, 0.29) is 0 Å². The Bertz CT molecular complexity index is 263. The summed E-state index contributed by atoms with van der Waals surface area (Å²) in [6, 6.07) is 2.57. The molecule has 66 valence electrons. The van der Waals surface area contributed by atoms with E-state index >= 15 is 0 Å². The standard InChI is InChI=1S/C9H14N2O/c1-7(2)9-3-4-10-11(9)8-5-12-6-8/h3-4,7-8H,5-6H2,1-2H3. The van der Waals surface area contributed by atoms with Gasteiger partial charge < -0.3 is 4.74 Å². The molecule has 1 aromatic rings. The molecule has 12 heavy (non-hydrogen) atoms. The lowest BCUT2D eigenvalue weighted by Crippen LogP contribution is -2.32. The van der Waals surface area contributed by atoms with Crippen molar-refractivity contribution in [1.29, 1.82) is 0 Å². The fourth-order valence-corrected chi connectivity index (χ4v) is 1.45. The first kappa shape index (κ1) is 7.80. The van der Waals surface area contributed by atoms with Crippen molar-refractivity contribution in [1.82, 2.24) is 9.78 Å². The molecule has 1 aliphatic heterocycles. The average Bonchev–Trinajstić information content (AvgIpc) is 2.31. The minimum Gasteiger partial charge on any atom is -0.377 e. The van der Waals surface area contributed by atoms with Crippen LogP contribution in [0.2, 0.25) is 0 Å². The number of nitrogens with zero attached hydrogens (tertiary/aromatic N) is 2. The molecule has 1 saturated heterocycles. The fraction of sp³-hybridized carbons (Fsp3) is 0.667. The van der Waals surface area contributed by atoms with Crippen molar-refractivity contribution < 1.29 is 4.74 Å². The molecule has 2 heterocycles. The van der Waals surface area contributed by atoms with Gasteiger partial charge in [0.2, 0.25) is 0 Å². The topological polar surface area (TPSA) is 27.1 Å². The van der Waals surface area contributed by atoms with Crippen molar-refractivity contribution in [3.63, 3.8) is 0 Å². The van der Waals surface area contributed by atoms with Crippen LogP contribution in [-0.4, -0.2) is 23.0 Å². The maximum Gasteiger partial charge on any atom is 0.0988 e. The third kappa shape index (κ3) is 1.14. The zero-order chi connectivity index (χ0) is 8.55. The number of aromatic nitrogens is 2. The maximum absolute atomic E-state index is 5.13. The Kier molecular flexibility index (Phi) is 1.89. The Balaban J connectivity index is 2.23. The molecule has 1 aliphatic rings. The second-order valence-electron chi connectivity index (χ2n) is 3.55. The van der Waals surface area contributed by atoms with E-state index in [0.717, 1.165) is 13.2 Å². The number of rotatable bonds is 2. The molecule has 0 bridgehead atoms. The SMILES string of the molecule is CC(C)c1ccnn1C1COC1. The normalized spacial score (nSPS) is 18.2. The minimum atomic E-state index is 0.484. The summed E-state index contributed by atoms with van der Waals surface area (Å²) in [6.45, 7) is 6.02. The third-order valence-corrected chi connectivity index (χ3v) is 2.26. The number of ether oxygens (including phenoxy) is 1. The van der Waals surface area contributed by atoms with Crippen LogP contribution in [0.25, 0.3) is 0 Å². The van der Waals surface area contributed by atoms with Gasteiger partial charge in [-0.1, -0.05) is 13.8 Å². The van der Waals surface area contributed by atoms with E-state index < -0.39 is 0 Å². The van der Waals surface area contributed by atoms with E-state index in [9.17, 15) is 0 Å². The molecule has 1 fully saturated rings. The van der Waals surface area contributed by atoms with Crippen LogP contribution in [0.5, 0.6) is 0 Å². The summed E-state index contributed by atoms with van der Waals surface area (Å²) in [5, 5.41) is 4.30. The van der Waals surface area contributed by atoms with E-state index in [1.165, 1.54) is 5.69 Å². The van der Waals surface area contributed by atoms with Crippen LogP contribution in [0.1, 0.15) is 31.5 Å². The van der Waals surface area contributed by atoms with Gasteiger partial charge in [0.25, 0.3) is 0 Å². The van der Waals surface area contributed by atoms with Gasteiger partial charge in [0.1, 0.15) is 0 Å². The van der Waals surface area contributed by atoms with Crippen molar-refractivity contribution >= 4 is 0 Å². The van der Waals surface area contributed by atoms with Gasteiger partial charge in [-0.2, -0.15) is 5.10 Å². The first-order valence-corrected chi connectivity index (χ1v) is 4.40. The van der Waals surface area contributed by atoms with Crippen LogP contribution in [-0.2, 0) is 4.74 Å². The van der Waals surface area contributed by atoms with Gasteiger partial charge in [-0.15, -0.1) is 0 Å². The molecule has 3 nitrogen and oxygen atoms in total. The number of hydrogen-bond donors (Lipinski definition) is 0. The Morgan fingerprint density at radius 3 is 2.83 bits per heavy atom. The molecule has 0 N–H and O–H groups in total. The first-order valence-electron chi connectivity index (χ1n) is 4.40. The van der Waals surface area contributed by atoms with Gasteiger partial charge in [-0.25, -0.2) is 0 Å². The predicted molar refractivity (Wildman–Crippen MR) is 46.2 cm³/mol. The Labute approximate surface area is 72.3 Å². The van der Waals surface area contributed by atoms with Crippen molar-refractivity contribution in [2.45, 2.75) is 25.8 Å². The Hall–Kier alpha value is -0.830. The molecular formula is C9H14N2O. The van der Waals surface area contributed by atoms with E-state index in [4.69, 9.17) is 4.74 Å². The summed E-state index contributed by atoms with van der Waals surface area (Å²) in [4.78, 5) is 0. The molecule has 0 aliphatic carbocycles. The van der Waals surface area contributed by atoms with Crippen molar-refractivity contribution in [2.24, 2.45) is 0 Å². The summed E-state index contributed by atoms with van der Waals surface area (Å²) >= 11 is 0. The molecule has 0 aromatic carbocycles. The van der Waals surface area contributed by atoms with Crippen molar-refractivity contribution in [2.75, 3.05) is 13.2 Å². The molecule has 0 amide bonds. The number of hydrogen-bond acceptors (Lipinski definition) is 2. The molecule has 1 aromatic heterocycles. The van der Waals surface area contributed by atoms with Crippen LogP contribution in [0.4, 0.5) is 0 Å². The quantitative estimate of drug-likeness (QED) is 0.667. The van der Waals surface area contributed by atoms with E-state index in [1.807, 2.05) is 6.20 Å². The molecule has 0 atom stereocenters. The smallest absolute Gasteiger partial charge is 0.0988 e. The maximum atomic E-state index is 5.13. The Morgan fingerprint density at radius 1 is 1.58 bits per heavy atom. The highest BCUT2D eigenvalue weighted by Gasteiger charge is 2.23. The predicted octanol–water partition coefficient (Wildman–Crippen LogP) is 1.58. The van der Waals surface area contributed by atoms with Crippen LogP contribution < -0.4 is 0 Å². The molecule has 0 radical (unpaired) electrons. The minimum absolute atomic E-state index is 0.484. The first-order chi connectivity index (χ1) is 5.79. The molecule has 0 spiro atoms. The molecule has 0 saturated carbocycles. The molecular weight excluding hydrogens is 152 g/mol. The highest BCUT2D eigenvalue weighted by atomic mass is 16.5. The van der Waals surface area contributed by atoms with Crippen LogP contribution in [0.3, 0.4) is 0 Å². The van der Waals surface area contributed by atoms with E-state index in [2.05, 4.69) is 29.7 Å². The lowest BCUT2D eigenvalue weighted by molar-refractivity contribution is -0.0300. The second kappa shape index (κ2) is 2.90. The highest BCUT2D eigenvalue weighted by Crippen LogP contribution is 2.22. The van der Waals surface area contributed by atoms with Gasteiger partial charge in [0.05, 0.1) is 19.3 Å². The fourth-order valence-electron chi connectivity index (χ4n) is 1.45. The molecule has 3 heteroatoms. The zero-order valence-electron chi connectivity index (χ0n) is 7.53. The monoisotopic (exact) mass is 166 g/mol. The summed E-state index contributed by atoms with van der Waals surface area (Å²) in [6.07, 6.45) is 1.87. The summed E-state index contributed by atoms with van der Waals surface area (Å²) in [5.74, 6) is 0.549. The van der Waals surface area contributed by atoms with E-state index in [0.29, 0.717) is 12.0 Å². The molecule has 0 unspecified atom stereocenters. The van der Waals surface area contributed by atoms with Crippen LogP contribution in [0.15, 0.2) is 12.3 Å². The van der Waals surface area contributed by atoms with Gasteiger partial charge in [-0.05, 0) is 12.0 Å². The summed E-state index contributed by atoms with van der Waals surface area (Å²) in [7, 11) is 0. The second-order valence-corrected chi connectivity index (χ2v) is 3.55. The average molecular weight is 166 g/mol. The van der Waals surface area contributed by atoms with E-state index in [1.54, 1.807) is 0 Å². The highest BCUT2D eigenvalue weighted by molar-refractivity contribution is 5.07. The van der Waals surface area contributed by atoms with Crippen LogP contribution in [0, 0.1) is 0 Å². The van der Waals surface area contributed by atoms with Crippen molar-refractivity contribution in [3.05, 3.63) is 18.0 Å². The zero-order valence-corrected chi connectivity index (χ0v) is 7.53. The van der Waals surface area contributed by atoms with Gasteiger partial charge >= 0.3 is 0 Å². The van der Waals surface area contributed by atoms with Gasteiger partial charge in [0.15, 0.2) is 0 Å². The lowest BCUT2D eigenvalue weighted by Gasteiger charge is -2.28. The van der Waals surface area contributed by atoms with Gasteiger partial charge in [-0.3, -0.25) is 4.68 Å². The summed E-state index contributed by atoms with van der Waals surface area (Å²) < 4.78 is 7.22.